The largest absolute Gasteiger partial charge is 0.395 e. The van der Waals surface area contributed by atoms with Crippen LogP contribution in [0, 0.1) is 0 Å². The number of rotatable bonds is 4. The fourth-order valence-corrected chi connectivity index (χ4v) is 1.12. The van der Waals surface area contributed by atoms with Crippen molar-refractivity contribution in [2.24, 2.45) is 5.73 Å². The number of aliphatic hydroxyl groups excluding tert-OH is 1. The standard InChI is InChI=1S/C9H16N2O2.H2O4S/c1-13-9(10)4-2-8(3-5-9)11-6-7-12;1-5(2,3)4/h2-4,11-12H,5-7,10H2,1H3;(H2,1,2,3,4). The van der Waals surface area contributed by atoms with Gasteiger partial charge in [0.2, 0.25) is 0 Å². The van der Waals surface area contributed by atoms with Crippen LogP contribution in [-0.2, 0) is 15.1 Å². The third-order valence-electron chi connectivity index (χ3n) is 2.01. The molecule has 1 atom stereocenters. The van der Waals surface area contributed by atoms with Gasteiger partial charge in [0, 0.05) is 25.8 Å². The number of ether oxygens (including phenoxy) is 1. The number of nitrogens with one attached hydrogen (secondary N) is 1. The van der Waals surface area contributed by atoms with Gasteiger partial charge in [-0.3, -0.25) is 14.8 Å². The Bertz CT molecular complexity index is 397. The van der Waals surface area contributed by atoms with Gasteiger partial charge in [0.25, 0.3) is 0 Å². The molecule has 9 heteroatoms. The van der Waals surface area contributed by atoms with E-state index >= 15 is 0 Å². The molecular weight excluding hydrogens is 264 g/mol. The molecule has 1 rings (SSSR count). The van der Waals surface area contributed by atoms with Crippen molar-refractivity contribution in [3.8, 4) is 0 Å². The fraction of sp³-hybridized carbons (Fsp3) is 0.556. The Morgan fingerprint density at radius 2 is 2.11 bits per heavy atom. The summed E-state index contributed by atoms with van der Waals surface area (Å²) in [6.45, 7) is 0.684. The number of aliphatic hydroxyl groups is 1. The van der Waals surface area contributed by atoms with Crippen LogP contribution in [0.1, 0.15) is 6.42 Å². The second kappa shape index (κ2) is 7.46. The molecule has 0 aliphatic heterocycles. The maximum absolute atomic E-state index is 8.74. The molecule has 0 bridgehead atoms. The Morgan fingerprint density at radius 3 is 2.44 bits per heavy atom. The summed E-state index contributed by atoms with van der Waals surface area (Å²) in [7, 11) is -3.08. The van der Waals surface area contributed by atoms with E-state index in [-0.39, 0.29) is 6.61 Å². The van der Waals surface area contributed by atoms with E-state index in [0.717, 1.165) is 5.70 Å². The lowest BCUT2D eigenvalue weighted by molar-refractivity contribution is 0.0391. The second-order valence-corrected chi connectivity index (χ2v) is 4.35. The lowest BCUT2D eigenvalue weighted by Crippen LogP contribution is -2.40. The average Bonchev–Trinajstić information content (AvgIpc) is 2.26. The van der Waals surface area contributed by atoms with E-state index in [0.29, 0.717) is 13.0 Å². The molecule has 0 aromatic heterocycles. The molecule has 0 spiro atoms. The molecule has 0 aromatic carbocycles. The molecule has 0 fully saturated rings. The van der Waals surface area contributed by atoms with E-state index in [9.17, 15) is 0 Å². The highest BCUT2D eigenvalue weighted by Gasteiger charge is 2.21. The number of methoxy groups -OCH3 is 1. The molecule has 18 heavy (non-hydrogen) atoms. The van der Waals surface area contributed by atoms with Gasteiger partial charge in [0.05, 0.1) is 6.61 Å². The van der Waals surface area contributed by atoms with Crippen molar-refractivity contribution in [3.05, 3.63) is 23.9 Å². The highest BCUT2D eigenvalue weighted by atomic mass is 32.3. The molecule has 0 aromatic rings. The number of hydrogen-bond acceptors (Lipinski definition) is 6. The zero-order valence-corrected chi connectivity index (χ0v) is 10.7. The Labute approximate surface area is 106 Å². The van der Waals surface area contributed by atoms with Crippen molar-refractivity contribution >= 4 is 10.4 Å². The van der Waals surface area contributed by atoms with Crippen LogP contribution in [0.25, 0.3) is 0 Å². The van der Waals surface area contributed by atoms with Crippen LogP contribution in [0.15, 0.2) is 23.9 Å². The van der Waals surface area contributed by atoms with Crippen LogP contribution in [0.4, 0.5) is 0 Å². The van der Waals surface area contributed by atoms with E-state index in [1.54, 1.807) is 7.11 Å². The van der Waals surface area contributed by atoms with Crippen molar-refractivity contribution in [3.63, 3.8) is 0 Å². The lowest BCUT2D eigenvalue weighted by Gasteiger charge is -2.26. The summed E-state index contributed by atoms with van der Waals surface area (Å²) in [4.78, 5) is 0. The molecule has 0 amide bonds. The quantitative estimate of drug-likeness (QED) is 0.328. The van der Waals surface area contributed by atoms with Gasteiger partial charge < -0.3 is 15.2 Å². The fourth-order valence-electron chi connectivity index (χ4n) is 1.12. The lowest BCUT2D eigenvalue weighted by atomic mass is 10.0. The molecule has 0 saturated carbocycles. The SMILES string of the molecule is COC1(N)C=CC(NCCO)=CC1.O=S(=O)(O)O. The zero-order chi connectivity index (χ0) is 14.2. The Balaban J connectivity index is 0.000000494. The van der Waals surface area contributed by atoms with Crippen LogP contribution < -0.4 is 11.1 Å². The number of nitrogens with two attached hydrogens (primary N) is 1. The van der Waals surface area contributed by atoms with Crippen LogP contribution in [-0.4, -0.2) is 48.6 Å². The van der Waals surface area contributed by atoms with Gasteiger partial charge >= 0.3 is 10.4 Å². The highest BCUT2D eigenvalue weighted by molar-refractivity contribution is 7.79. The first-order valence-corrected chi connectivity index (χ1v) is 6.38. The van der Waals surface area contributed by atoms with Crippen molar-refractivity contribution in [2.45, 2.75) is 12.1 Å². The first-order valence-electron chi connectivity index (χ1n) is 4.98. The van der Waals surface area contributed by atoms with Gasteiger partial charge in [0.1, 0.15) is 5.72 Å². The first-order chi connectivity index (χ1) is 8.20. The predicted octanol–water partition coefficient (Wildman–Crippen LogP) is -0.939. The Morgan fingerprint density at radius 1 is 1.56 bits per heavy atom. The van der Waals surface area contributed by atoms with Crippen LogP contribution in [0.3, 0.4) is 0 Å². The molecule has 1 aliphatic rings. The summed E-state index contributed by atoms with van der Waals surface area (Å²) >= 11 is 0. The van der Waals surface area contributed by atoms with E-state index in [2.05, 4.69) is 5.32 Å². The van der Waals surface area contributed by atoms with Gasteiger partial charge in [-0.25, -0.2) is 0 Å². The predicted molar refractivity (Wildman–Crippen MR) is 65.0 cm³/mol. The highest BCUT2D eigenvalue weighted by Crippen LogP contribution is 2.17. The van der Waals surface area contributed by atoms with Crippen molar-refractivity contribution in [1.29, 1.82) is 0 Å². The second-order valence-electron chi connectivity index (χ2n) is 3.45. The minimum absolute atomic E-state index is 0.128. The molecule has 6 N–H and O–H groups in total. The van der Waals surface area contributed by atoms with E-state index in [1.807, 2.05) is 18.2 Å². The summed E-state index contributed by atoms with van der Waals surface area (Å²) in [5.41, 5.74) is 6.14. The first kappa shape index (κ1) is 17.0. The van der Waals surface area contributed by atoms with Crippen molar-refractivity contribution in [2.75, 3.05) is 20.3 Å². The topological polar surface area (TPSA) is 142 Å². The van der Waals surface area contributed by atoms with Crippen LogP contribution >= 0.6 is 0 Å². The maximum Gasteiger partial charge on any atom is 0.394 e. The van der Waals surface area contributed by atoms with Gasteiger partial charge in [0.15, 0.2) is 0 Å². The van der Waals surface area contributed by atoms with Gasteiger partial charge in [-0.1, -0.05) is 6.08 Å². The smallest absolute Gasteiger partial charge is 0.394 e. The average molecular weight is 282 g/mol. The number of hydrogen-bond donors (Lipinski definition) is 5. The monoisotopic (exact) mass is 282 g/mol. The molecule has 8 nitrogen and oxygen atoms in total. The molecule has 1 aliphatic carbocycles. The minimum Gasteiger partial charge on any atom is -0.395 e. The normalized spacial score (nSPS) is 22.8. The van der Waals surface area contributed by atoms with Crippen LogP contribution in [0.2, 0.25) is 0 Å². The molecule has 106 valence electrons. The summed E-state index contributed by atoms with van der Waals surface area (Å²) < 4.78 is 36.7. The minimum atomic E-state index is -4.67. The molecular formula is C9H18N2O6S. The Kier molecular flexibility index (Phi) is 7.06. The van der Waals surface area contributed by atoms with Crippen LogP contribution in [0.5, 0.6) is 0 Å². The van der Waals surface area contributed by atoms with Gasteiger partial charge in [-0.15, -0.1) is 0 Å². The van der Waals surface area contributed by atoms with Crippen molar-refractivity contribution in [1.82, 2.24) is 5.32 Å². The molecule has 0 heterocycles. The molecule has 0 saturated heterocycles. The van der Waals surface area contributed by atoms with Gasteiger partial charge in [-0.2, -0.15) is 8.42 Å². The zero-order valence-electron chi connectivity index (χ0n) is 9.91. The molecule has 0 radical (unpaired) electrons. The third-order valence-corrected chi connectivity index (χ3v) is 2.01. The van der Waals surface area contributed by atoms with Crippen molar-refractivity contribution < 1.29 is 27.4 Å². The van der Waals surface area contributed by atoms with E-state index < -0.39 is 16.1 Å². The Hall–Kier alpha value is -0.970. The summed E-state index contributed by atoms with van der Waals surface area (Å²) in [6, 6.07) is 0. The van der Waals surface area contributed by atoms with Gasteiger partial charge in [-0.05, 0) is 12.2 Å². The summed E-state index contributed by atoms with van der Waals surface area (Å²) in [6.07, 6.45) is 6.28. The van der Waals surface area contributed by atoms with E-state index in [1.165, 1.54) is 0 Å². The third kappa shape index (κ3) is 9.10. The molecule has 1 unspecified atom stereocenters. The number of allylic oxidation sites excluding steroid dienone is 1. The summed E-state index contributed by atoms with van der Waals surface area (Å²) in [5.74, 6) is 0. The maximum atomic E-state index is 8.74. The van der Waals surface area contributed by atoms with E-state index in [4.69, 9.17) is 33.1 Å². The summed E-state index contributed by atoms with van der Waals surface area (Å²) in [5, 5.41) is 11.6.